The lowest BCUT2D eigenvalue weighted by molar-refractivity contribution is -0.00745. The van der Waals surface area contributed by atoms with Gasteiger partial charge in [0.15, 0.2) is 0 Å². The Kier molecular flexibility index (Phi) is 5.21. The minimum Gasteiger partial charge on any atom is -0.384 e. The molecule has 4 nitrogen and oxygen atoms in total. The second kappa shape index (κ2) is 6.52. The molecule has 2 N–H and O–H groups in total. The molecule has 0 saturated carbocycles. The Labute approximate surface area is 148 Å². The SMILES string of the molecule is CN(C)C1=CC(Cl)C(O)(CC2(O)C=CC(N(C)C)=CC2Cl)C=C1. The van der Waals surface area contributed by atoms with Crippen LogP contribution in [-0.4, -0.2) is 70.2 Å². The largest absolute Gasteiger partial charge is 0.384 e. The second-order valence-corrected chi connectivity index (χ2v) is 7.54. The lowest BCUT2D eigenvalue weighted by Gasteiger charge is -2.41. The number of likely N-dealkylation sites (N-methyl/N-ethyl adjacent to an activating group) is 2. The Morgan fingerprint density at radius 1 is 0.870 bits per heavy atom. The topological polar surface area (TPSA) is 46.9 Å². The molecular weight excluding hydrogens is 335 g/mol. The molecule has 128 valence electrons. The third-order valence-electron chi connectivity index (χ3n) is 4.27. The summed E-state index contributed by atoms with van der Waals surface area (Å²) in [6.07, 6.45) is 10.5. The van der Waals surface area contributed by atoms with Gasteiger partial charge in [-0.2, -0.15) is 0 Å². The van der Waals surface area contributed by atoms with Crippen molar-refractivity contribution in [1.82, 2.24) is 9.80 Å². The van der Waals surface area contributed by atoms with Gasteiger partial charge in [0, 0.05) is 46.0 Å². The second-order valence-electron chi connectivity index (χ2n) is 6.60. The van der Waals surface area contributed by atoms with Gasteiger partial charge < -0.3 is 20.0 Å². The summed E-state index contributed by atoms with van der Waals surface area (Å²) in [5.41, 5.74) is -0.899. The number of allylic oxidation sites excluding steroid dienone is 2. The van der Waals surface area contributed by atoms with Gasteiger partial charge in [0.05, 0.1) is 10.8 Å². The van der Waals surface area contributed by atoms with Crippen molar-refractivity contribution in [3.63, 3.8) is 0 Å². The molecule has 2 aliphatic carbocycles. The normalized spacial score (nSPS) is 36.5. The molecule has 2 aliphatic rings. The third kappa shape index (κ3) is 3.77. The Balaban J connectivity index is 2.20. The zero-order valence-corrected chi connectivity index (χ0v) is 15.4. The van der Waals surface area contributed by atoms with Crippen LogP contribution in [0.25, 0.3) is 0 Å². The standard InChI is InChI=1S/C17H24Cl2N2O2/c1-20(2)12-5-7-16(22,14(18)9-12)11-17(23)8-6-13(21(3)4)10-15(17)19/h5-10,14-15,22-23H,11H2,1-4H3. The van der Waals surface area contributed by atoms with Gasteiger partial charge in [-0.15, -0.1) is 23.2 Å². The minimum atomic E-state index is -1.36. The molecule has 0 amide bonds. The van der Waals surface area contributed by atoms with Gasteiger partial charge >= 0.3 is 0 Å². The van der Waals surface area contributed by atoms with Gasteiger partial charge in [-0.05, 0) is 36.5 Å². The molecule has 0 aromatic carbocycles. The van der Waals surface area contributed by atoms with Crippen LogP contribution in [0, 0.1) is 0 Å². The summed E-state index contributed by atoms with van der Waals surface area (Å²) in [6.45, 7) is 0. The average molecular weight is 359 g/mol. The molecule has 0 radical (unpaired) electrons. The van der Waals surface area contributed by atoms with Crippen molar-refractivity contribution in [3.05, 3.63) is 47.9 Å². The number of rotatable bonds is 4. The summed E-state index contributed by atoms with van der Waals surface area (Å²) in [5, 5.41) is 20.5. The van der Waals surface area contributed by atoms with Gasteiger partial charge in [-0.1, -0.05) is 0 Å². The molecule has 0 heterocycles. The highest BCUT2D eigenvalue weighted by Crippen LogP contribution is 2.39. The zero-order chi connectivity index (χ0) is 17.4. The highest BCUT2D eigenvalue weighted by atomic mass is 35.5. The van der Waals surface area contributed by atoms with E-state index in [9.17, 15) is 10.2 Å². The van der Waals surface area contributed by atoms with Crippen LogP contribution in [0.4, 0.5) is 0 Å². The van der Waals surface area contributed by atoms with E-state index in [1.54, 1.807) is 36.5 Å². The van der Waals surface area contributed by atoms with Crippen molar-refractivity contribution in [3.8, 4) is 0 Å². The van der Waals surface area contributed by atoms with E-state index in [0.29, 0.717) is 0 Å². The molecule has 0 aliphatic heterocycles. The van der Waals surface area contributed by atoms with E-state index in [4.69, 9.17) is 23.2 Å². The van der Waals surface area contributed by atoms with Gasteiger partial charge in [-0.25, -0.2) is 0 Å². The first-order chi connectivity index (χ1) is 10.6. The lowest BCUT2D eigenvalue weighted by Crippen LogP contribution is -2.50. The zero-order valence-electron chi connectivity index (χ0n) is 13.9. The van der Waals surface area contributed by atoms with Crippen LogP contribution in [0.1, 0.15) is 6.42 Å². The monoisotopic (exact) mass is 358 g/mol. The predicted octanol–water partition coefficient (Wildman–Crippen LogP) is 2.08. The first kappa shape index (κ1) is 18.4. The average Bonchev–Trinajstić information content (AvgIpc) is 2.44. The van der Waals surface area contributed by atoms with Crippen LogP contribution < -0.4 is 0 Å². The van der Waals surface area contributed by atoms with E-state index in [-0.39, 0.29) is 6.42 Å². The quantitative estimate of drug-likeness (QED) is 0.755. The summed E-state index contributed by atoms with van der Waals surface area (Å²) >= 11 is 12.7. The van der Waals surface area contributed by atoms with E-state index < -0.39 is 22.0 Å². The smallest absolute Gasteiger partial charge is 0.106 e. The number of hydrogen-bond acceptors (Lipinski definition) is 4. The molecule has 4 unspecified atom stereocenters. The first-order valence-electron chi connectivity index (χ1n) is 7.47. The number of alkyl halides is 2. The van der Waals surface area contributed by atoms with E-state index in [2.05, 4.69) is 0 Å². The van der Waals surface area contributed by atoms with E-state index in [1.807, 2.05) is 38.0 Å². The Bertz CT molecular complexity index is 533. The van der Waals surface area contributed by atoms with Crippen LogP contribution >= 0.6 is 23.2 Å². The summed E-state index contributed by atoms with van der Waals surface area (Å²) in [6, 6.07) is 0. The molecule has 6 heteroatoms. The van der Waals surface area contributed by atoms with Gasteiger partial charge in [-0.3, -0.25) is 0 Å². The Morgan fingerprint density at radius 3 is 1.48 bits per heavy atom. The Hall–Kier alpha value is -0.940. The molecule has 23 heavy (non-hydrogen) atoms. The maximum atomic E-state index is 10.9. The summed E-state index contributed by atoms with van der Waals surface area (Å²) in [4.78, 5) is 3.83. The predicted molar refractivity (Wildman–Crippen MR) is 95.6 cm³/mol. The summed E-state index contributed by atoms with van der Waals surface area (Å²) < 4.78 is 0. The Morgan fingerprint density at radius 2 is 1.22 bits per heavy atom. The molecule has 4 atom stereocenters. The molecule has 0 fully saturated rings. The van der Waals surface area contributed by atoms with Crippen LogP contribution in [0.15, 0.2) is 47.9 Å². The number of hydrogen-bond donors (Lipinski definition) is 2. The number of nitrogens with zero attached hydrogens (tertiary/aromatic N) is 2. The lowest BCUT2D eigenvalue weighted by atomic mass is 9.78. The van der Waals surface area contributed by atoms with Gasteiger partial charge in [0.1, 0.15) is 11.2 Å². The maximum Gasteiger partial charge on any atom is 0.106 e. The van der Waals surface area contributed by atoms with Crippen molar-refractivity contribution in [2.24, 2.45) is 0 Å². The van der Waals surface area contributed by atoms with E-state index in [0.717, 1.165) is 11.4 Å². The fourth-order valence-corrected chi connectivity index (χ4v) is 3.26. The molecule has 0 saturated heterocycles. The highest BCUT2D eigenvalue weighted by molar-refractivity contribution is 6.23. The number of halogens is 2. The molecular formula is C17H24Cl2N2O2. The van der Waals surface area contributed by atoms with Crippen LogP contribution in [0.3, 0.4) is 0 Å². The van der Waals surface area contributed by atoms with E-state index >= 15 is 0 Å². The molecule has 2 rings (SSSR count). The maximum absolute atomic E-state index is 10.9. The number of aliphatic hydroxyl groups is 2. The first-order valence-corrected chi connectivity index (χ1v) is 8.34. The van der Waals surface area contributed by atoms with Crippen molar-refractivity contribution in [1.29, 1.82) is 0 Å². The summed E-state index contributed by atoms with van der Waals surface area (Å²) in [5.74, 6) is 0. The molecule has 0 bridgehead atoms. The van der Waals surface area contributed by atoms with Gasteiger partial charge in [0.2, 0.25) is 0 Å². The van der Waals surface area contributed by atoms with Crippen molar-refractivity contribution in [2.45, 2.75) is 28.4 Å². The van der Waals surface area contributed by atoms with Crippen molar-refractivity contribution in [2.75, 3.05) is 28.2 Å². The highest BCUT2D eigenvalue weighted by Gasteiger charge is 2.45. The van der Waals surface area contributed by atoms with E-state index in [1.165, 1.54) is 0 Å². The molecule has 0 aromatic rings. The summed E-state index contributed by atoms with van der Waals surface area (Å²) in [7, 11) is 7.63. The fourth-order valence-electron chi connectivity index (χ4n) is 2.71. The van der Waals surface area contributed by atoms with Gasteiger partial charge in [0.25, 0.3) is 0 Å². The van der Waals surface area contributed by atoms with Crippen molar-refractivity contribution < 1.29 is 10.2 Å². The minimum absolute atomic E-state index is 0.0176. The fraction of sp³-hybridized carbons (Fsp3) is 0.529. The third-order valence-corrected chi connectivity index (χ3v) is 5.28. The van der Waals surface area contributed by atoms with Crippen LogP contribution in [0.2, 0.25) is 0 Å². The van der Waals surface area contributed by atoms with Crippen molar-refractivity contribution >= 4 is 23.2 Å². The molecule has 0 spiro atoms. The van der Waals surface area contributed by atoms with Crippen LogP contribution in [0.5, 0.6) is 0 Å². The molecule has 0 aromatic heterocycles. The van der Waals surface area contributed by atoms with Crippen LogP contribution in [-0.2, 0) is 0 Å².